The van der Waals surface area contributed by atoms with Gasteiger partial charge in [-0.1, -0.05) is 18.2 Å². The molecule has 1 heterocycles. The molecule has 0 bridgehead atoms. The lowest BCUT2D eigenvalue weighted by molar-refractivity contribution is 0.0818. The lowest BCUT2D eigenvalue weighted by Gasteiger charge is -2.11. The predicted molar refractivity (Wildman–Crippen MR) is 114 cm³/mol. The van der Waals surface area contributed by atoms with Crippen molar-refractivity contribution in [3.05, 3.63) is 52.2 Å². The summed E-state index contributed by atoms with van der Waals surface area (Å²) in [5.41, 5.74) is 0.905. The van der Waals surface area contributed by atoms with E-state index in [2.05, 4.69) is 27.1 Å². The highest BCUT2D eigenvalue weighted by atomic mass is 127. The molecule has 0 amide bonds. The van der Waals surface area contributed by atoms with E-state index in [0.29, 0.717) is 12.3 Å². The molecule has 144 valence electrons. The SMILES string of the molecule is CCNC(=NCc1cccc(OCC(F)F)c1)NCCc1cccs1.I. The maximum Gasteiger partial charge on any atom is 0.272 e. The van der Waals surface area contributed by atoms with Crippen LogP contribution in [0.4, 0.5) is 8.78 Å². The van der Waals surface area contributed by atoms with Gasteiger partial charge in [0.1, 0.15) is 12.4 Å². The Bertz CT molecular complexity index is 654. The van der Waals surface area contributed by atoms with Crippen molar-refractivity contribution in [1.82, 2.24) is 10.6 Å². The second-order valence-corrected chi connectivity index (χ2v) is 6.33. The third-order valence-corrected chi connectivity index (χ3v) is 4.22. The summed E-state index contributed by atoms with van der Waals surface area (Å²) in [5, 5.41) is 8.57. The van der Waals surface area contributed by atoms with Gasteiger partial charge in [0.15, 0.2) is 5.96 Å². The van der Waals surface area contributed by atoms with Gasteiger partial charge in [-0.15, -0.1) is 35.3 Å². The summed E-state index contributed by atoms with van der Waals surface area (Å²) in [5.74, 6) is 1.17. The van der Waals surface area contributed by atoms with Crippen LogP contribution in [0.5, 0.6) is 5.75 Å². The Hall–Kier alpha value is -1.42. The zero-order valence-electron chi connectivity index (χ0n) is 14.6. The van der Waals surface area contributed by atoms with Crippen LogP contribution in [0.1, 0.15) is 17.4 Å². The van der Waals surface area contributed by atoms with E-state index in [4.69, 9.17) is 4.74 Å². The number of nitrogens with zero attached hydrogens (tertiary/aromatic N) is 1. The zero-order chi connectivity index (χ0) is 17.9. The minimum atomic E-state index is -2.48. The predicted octanol–water partition coefficient (Wildman–Crippen LogP) is 4.31. The van der Waals surface area contributed by atoms with Crippen molar-refractivity contribution in [2.75, 3.05) is 19.7 Å². The third-order valence-electron chi connectivity index (χ3n) is 3.28. The average molecular weight is 495 g/mol. The Balaban J connectivity index is 0.00000338. The molecule has 0 radical (unpaired) electrons. The van der Waals surface area contributed by atoms with Gasteiger partial charge >= 0.3 is 0 Å². The molecule has 0 aliphatic carbocycles. The van der Waals surface area contributed by atoms with Crippen molar-refractivity contribution in [2.45, 2.75) is 26.3 Å². The summed E-state index contributed by atoms with van der Waals surface area (Å²) in [6.07, 6.45) is -1.53. The van der Waals surface area contributed by atoms with Gasteiger partial charge in [0.05, 0.1) is 6.54 Å². The van der Waals surface area contributed by atoms with Gasteiger partial charge in [0.2, 0.25) is 0 Å². The minimum absolute atomic E-state index is 0. The van der Waals surface area contributed by atoms with E-state index in [0.717, 1.165) is 31.0 Å². The number of rotatable bonds is 9. The Morgan fingerprint density at radius 1 is 1.23 bits per heavy atom. The van der Waals surface area contributed by atoms with Crippen molar-refractivity contribution in [3.8, 4) is 5.75 Å². The Morgan fingerprint density at radius 2 is 2.08 bits per heavy atom. The largest absolute Gasteiger partial charge is 0.488 e. The molecular weight excluding hydrogens is 471 g/mol. The van der Waals surface area contributed by atoms with Crippen LogP contribution in [-0.4, -0.2) is 32.1 Å². The van der Waals surface area contributed by atoms with Gasteiger partial charge < -0.3 is 15.4 Å². The maximum atomic E-state index is 12.2. The minimum Gasteiger partial charge on any atom is -0.488 e. The quantitative estimate of drug-likeness (QED) is 0.310. The first-order chi connectivity index (χ1) is 12.2. The summed E-state index contributed by atoms with van der Waals surface area (Å²) < 4.78 is 29.5. The highest BCUT2D eigenvalue weighted by Crippen LogP contribution is 2.15. The van der Waals surface area contributed by atoms with Gasteiger partial charge in [-0.25, -0.2) is 13.8 Å². The fourth-order valence-corrected chi connectivity index (χ4v) is 2.87. The van der Waals surface area contributed by atoms with Crippen molar-refractivity contribution < 1.29 is 13.5 Å². The molecule has 26 heavy (non-hydrogen) atoms. The molecule has 2 N–H and O–H groups in total. The molecule has 0 spiro atoms. The topological polar surface area (TPSA) is 45.7 Å². The molecule has 0 aliphatic rings. The van der Waals surface area contributed by atoms with Crippen LogP contribution in [0, 0.1) is 0 Å². The summed E-state index contributed by atoms with van der Waals surface area (Å²) in [4.78, 5) is 5.86. The summed E-state index contributed by atoms with van der Waals surface area (Å²) in [6.45, 7) is 3.42. The van der Waals surface area contributed by atoms with Gasteiger partial charge in [0, 0.05) is 18.0 Å². The molecule has 4 nitrogen and oxygen atoms in total. The fraction of sp³-hybridized carbons (Fsp3) is 0.389. The fourth-order valence-electron chi connectivity index (χ4n) is 2.16. The van der Waals surface area contributed by atoms with Gasteiger partial charge in [-0.05, 0) is 42.5 Å². The van der Waals surface area contributed by atoms with Crippen molar-refractivity contribution >= 4 is 41.3 Å². The summed E-state index contributed by atoms with van der Waals surface area (Å²) in [6, 6.07) is 11.2. The molecule has 0 unspecified atom stereocenters. The molecule has 2 rings (SSSR count). The van der Waals surface area contributed by atoms with Crippen LogP contribution < -0.4 is 15.4 Å². The number of alkyl halides is 2. The van der Waals surface area contributed by atoms with E-state index in [1.165, 1.54) is 4.88 Å². The first-order valence-electron chi connectivity index (χ1n) is 8.22. The molecule has 8 heteroatoms. The van der Waals surface area contributed by atoms with Gasteiger partial charge in [-0.3, -0.25) is 0 Å². The molecule has 1 aromatic carbocycles. The van der Waals surface area contributed by atoms with Crippen LogP contribution in [0.3, 0.4) is 0 Å². The molecule has 2 aromatic rings. The molecule has 0 aliphatic heterocycles. The monoisotopic (exact) mass is 495 g/mol. The number of thiophene rings is 1. The van der Waals surface area contributed by atoms with Crippen LogP contribution >= 0.6 is 35.3 Å². The van der Waals surface area contributed by atoms with E-state index in [1.807, 2.05) is 19.1 Å². The number of hydrogen-bond donors (Lipinski definition) is 2. The maximum absolute atomic E-state index is 12.2. The normalized spacial score (nSPS) is 11.2. The highest BCUT2D eigenvalue weighted by Gasteiger charge is 2.04. The van der Waals surface area contributed by atoms with Crippen LogP contribution in [0.25, 0.3) is 0 Å². The molecule has 0 fully saturated rings. The van der Waals surface area contributed by atoms with E-state index < -0.39 is 13.0 Å². The van der Waals surface area contributed by atoms with Crippen molar-refractivity contribution in [2.24, 2.45) is 4.99 Å². The second kappa shape index (κ2) is 12.9. The Labute approximate surface area is 174 Å². The number of ether oxygens (including phenoxy) is 1. The standard InChI is InChI=1S/C18H23F2N3OS.HI/c1-2-21-18(22-9-8-16-7-4-10-25-16)23-12-14-5-3-6-15(11-14)24-13-17(19)20;/h3-7,10-11,17H,2,8-9,12-13H2,1H3,(H2,21,22,23);1H. The van der Waals surface area contributed by atoms with Gasteiger partial charge in [-0.2, -0.15) is 0 Å². The molecule has 0 saturated heterocycles. The molecule has 1 aromatic heterocycles. The number of halogens is 3. The smallest absolute Gasteiger partial charge is 0.272 e. The number of aliphatic imine (C=N–C) groups is 1. The Kier molecular flexibility index (Phi) is 11.2. The van der Waals surface area contributed by atoms with Crippen molar-refractivity contribution in [3.63, 3.8) is 0 Å². The first-order valence-corrected chi connectivity index (χ1v) is 9.09. The third kappa shape index (κ3) is 8.79. The summed E-state index contributed by atoms with van der Waals surface area (Å²) >= 11 is 1.74. The van der Waals surface area contributed by atoms with E-state index in [1.54, 1.807) is 29.5 Å². The zero-order valence-corrected chi connectivity index (χ0v) is 17.7. The van der Waals surface area contributed by atoms with Gasteiger partial charge in [0.25, 0.3) is 6.43 Å². The van der Waals surface area contributed by atoms with Crippen LogP contribution in [0.2, 0.25) is 0 Å². The number of benzene rings is 1. The lowest BCUT2D eigenvalue weighted by atomic mass is 10.2. The van der Waals surface area contributed by atoms with E-state index >= 15 is 0 Å². The number of hydrogen-bond acceptors (Lipinski definition) is 3. The Morgan fingerprint density at radius 3 is 2.77 bits per heavy atom. The van der Waals surface area contributed by atoms with Crippen LogP contribution in [0.15, 0.2) is 46.8 Å². The van der Waals surface area contributed by atoms with Crippen LogP contribution in [-0.2, 0) is 13.0 Å². The average Bonchev–Trinajstić information content (AvgIpc) is 3.12. The number of nitrogens with one attached hydrogen (secondary N) is 2. The summed E-state index contributed by atoms with van der Waals surface area (Å²) in [7, 11) is 0. The first kappa shape index (κ1) is 22.6. The molecule has 0 saturated carbocycles. The lowest BCUT2D eigenvalue weighted by Crippen LogP contribution is -2.38. The molecular formula is C18H24F2IN3OS. The number of guanidine groups is 1. The highest BCUT2D eigenvalue weighted by molar-refractivity contribution is 14.0. The second-order valence-electron chi connectivity index (χ2n) is 5.30. The molecule has 0 atom stereocenters. The van der Waals surface area contributed by atoms with E-state index in [9.17, 15) is 8.78 Å². The van der Waals surface area contributed by atoms with Crippen molar-refractivity contribution in [1.29, 1.82) is 0 Å². The van der Waals surface area contributed by atoms with E-state index in [-0.39, 0.29) is 24.0 Å².